The molecule has 124 valence electrons. The van der Waals surface area contributed by atoms with E-state index in [0.29, 0.717) is 0 Å². The van der Waals surface area contributed by atoms with Crippen molar-refractivity contribution < 1.29 is 8.42 Å². The number of nitrogens with zero attached hydrogens (tertiary/aromatic N) is 3. The first kappa shape index (κ1) is 15.2. The second-order valence-corrected chi connectivity index (χ2v) is 7.70. The molecule has 3 heterocycles. The van der Waals surface area contributed by atoms with Crippen molar-refractivity contribution in [2.45, 2.75) is 24.8 Å². The highest BCUT2D eigenvalue weighted by molar-refractivity contribution is 7.89. The van der Waals surface area contributed by atoms with E-state index in [1.165, 1.54) is 0 Å². The fourth-order valence-corrected chi connectivity index (χ4v) is 3.87. The van der Waals surface area contributed by atoms with Crippen molar-refractivity contribution in [1.82, 2.24) is 9.38 Å². The minimum absolute atomic E-state index is 0.175. The van der Waals surface area contributed by atoms with E-state index in [2.05, 4.69) is 14.3 Å². The van der Waals surface area contributed by atoms with E-state index in [1.807, 2.05) is 37.5 Å². The molecule has 4 rings (SSSR count). The lowest BCUT2D eigenvalue weighted by Gasteiger charge is -2.19. The van der Waals surface area contributed by atoms with Gasteiger partial charge in [0.15, 0.2) is 0 Å². The molecular weight excluding hydrogens is 324 g/mol. The zero-order chi connectivity index (χ0) is 16.9. The minimum Gasteiger partial charge on any atom is -0.365 e. The third-order valence-corrected chi connectivity index (χ3v) is 5.44. The number of imidazole rings is 1. The number of primary sulfonamides is 1. The highest BCUT2D eigenvalue weighted by Gasteiger charge is 2.22. The normalized spacial score (nSPS) is 14.3. The maximum atomic E-state index is 11.5. The Bertz CT molecular complexity index is 1040. The molecule has 0 saturated carbocycles. The van der Waals surface area contributed by atoms with Crippen LogP contribution in [-0.4, -0.2) is 24.3 Å². The first-order valence-corrected chi connectivity index (χ1v) is 9.30. The van der Waals surface area contributed by atoms with Crippen molar-refractivity contribution in [1.29, 1.82) is 0 Å². The van der Waals surface area contributed by atoms with Crippen molar-refractivity contribution in [2.24, 2.45) is 5.14 Å². The number of anilines is 1. The second kappa shape index (κ2) is 5.32. The molecule has 1 aromatic carbocycles. The van der Waals surface area contributed by atoms with Crippen molar-refractivity contribution in [3.8, 4) is 0 Å². The average Bonchev–Trinajstić information content (AvgIpc) is 3.12. The highest BCUT2D eigenvalue weighted by Crippen LogP contribution is 2.31. The number of hydrogen-bond donors (Lipinski definition) is 1. The van der Waals surface area contributed by atoms with E-state index in [1.54, 1.807) is 12.1 Å². The lowest BCUT2D eigenvalue weighted by Crippen LogP contribution is -2.20. The summed E-state index contributed by atoms with van der Waals surface area (Å²) in [6, 6.07) is 9.17. The molecule has 0 unspecified atom stereocenters. The van der Waals surface area contributed by atoms with Crippen molar-refractivity contribution in [3.05, 3.63) is 59.5 Å². The number of hydrogen-bond acceptors (Lipinski definition) is 4. The maximum absolute atomic E-state index is 11.5. The van der Waals surface area contributed by atoms with Gasteiger partial charge in [-0.05, 0) is 48.7 Å². The molecule has 1 aliphatic rings. The van der Waals surface area contributed by atoms with E-state index >= 15 is 0 Å². The molecule has 0 bridgehead atoms. The Labute approximate surface area is 140 Å². The van der Waals surface area contributed by atoms with E-state index in [-0.39, 0.29) is 4.90 Å². The summed E-state index contributed by atoms with van der Waals surface area (Å²) in [5, 5.41) is 5.22. The van der Waals surface area contributed by atoms with Crippen LogP contribution < -0.4 is 10.0 Å². The van der Waals surface area contributed by atoms with E-state index in [4.69, 9.17) is 5.14 Å². The first-order chi connectivity index (χ1) is 11.4. The lowest BCUT2D eigenvalue weighted by atomic mass is 10.2. The van der Waals surface area contributed by atoms with Gasteiger partial charge in [-0.2, -0.15) is 0 Å². The van der Waals surface area contributed by atoms with Gasteiger partial charge in [0.25, 0.3) is 0 Å². The van der Waals surface area contributed by atoms with Crippen LogP contribution in [0, 0.1) is 6.92 Å². The Hall–Kier alpha value is -2.38. The summed E-state index contributed by atoms with van der Waals surface area (Å²) < 4.78 is 25.1. The van der Waals surface area contributed by atoms with Crippen molar-refractivity contribution in [3.63, 3.8) is 0 Å². The first-order valence-electron chi connectivity index (χ1n) is 7.76. The highest BCUT2D eigenvalue weighted by atomic mass is 32.2. The largest absolute Gasteiger partial charge is 0.365 e. The topological polar surface area (TPSA) is 80.7 Å². The van der Waals surface area contributed by atoms with Gasteiger partial charge in [-0.3, -0.25) is 0 Å². The van der Waals surface area contributed by atoms with Gasteiger partial charge in [-0.15, -0.1) is 0 Å². The fraction of sp³-hybridized carbons (Fsp3) is 0.235. The summed E-state index contributed by atoms with van der Waals surface area (Å²) in [5.74, 6) is 0. The lowest BCUT2D eigenvalue weighted by molar-refractivity contribution is 0.597. The number of pyridine rings is 1. The number of benzene rings is 1. The van der Waals surface area contributed by atoms with Crippen LogP contribution in [0.3, 0.4) is 0 Å². The average molecular weight is 342 g/mol. The molecule has 0 spiro atoms. The molecule has 2 N–H and O–H groups in total. The molecule has 0 amide bonds. The van der Waals surface area contributed by atoms with E-state index < -0.39 is 10.0 Å². The predicted octanol–water partition coefficient (Wildman–Crippen LogP) is 1.85. The van der Waals surface area contributed by atoms with Crippen LogP contribution in [0.1, 0.15) is 16.8 Å². The van der Waals surface area contributed by atoms with Crippen molar-refractivity contribution >= 4 is 21.4 Å². The molecule has 0 radical (unpaired) electrons. The third kappa shape index (κ3) is 2.46. The van der Waals surface area contributed by atoms with Gasteiger partial charge < -0.3 is 9.30 Å². The molecule has 1 aliphatic heterocycles. The minimum atomic E-state index is -3.66. The number of nitrogens with two attached hydrogens (primary N) is 1. The van der Waals surface area contributed by atoms with Crippen LogP contribution in [-0.2, 0) is 23.0 Å². The van der Waals surface area contributed by atoms with E-state index in [0.717, 1.165) is 47.7 Å². The summed E-state index contributed by atoms with van der Waals surface area (Å²) in [5.41, 5.74) is 5.30. The SMILES string of the molecule is Cc1cccn2c(CN3CCc4cc(S(N)(=O)=O)ccc43)cnc12. The number of sulfonamides is 1. The Balaban J connectivity index is 1.67. The van der Waals surface area contributed by atoms with Gasteiger partial charge in [0.05, 0.1) is 23.3 Å². The maximum Gasteiger partial charge on any atom is 0.238 e. The van der Waals surface area contributed by atoms with Crippen LogP contribution >= 0.6 is 0 Å². The van der Waals surface area contributed by atoms with Crippen LogP contribution in [0.2, 0.25) is 0 Å². The summed E-state index contributed by atoms with van der Waals surface area (Å²) in [4.78, 5) is 6.92. The van der Waals surface area contributed by atoms with Crippen molar-refractivity contribution in [2.75, 3.05) is 11.4 Å². The van der Waals surface area contributed by atoms with Gasteiger partial charge in [-0.1, -0.05) is 6.07 Å². The van der Waals surface area contributed by atoms with Gasteiger partial charge in [0, 0.05) is 18.4 Å². The molecule has 7 heteroatoms. The smallest absolute Gasteiger partial charge is 0.238 e. The zero-order valence-corrected chi connectivity index (χ0v) is 14.1. The molecule has 0 atom stereocenters. The van der Waals surface area contributed by atoms with Crippen LogP contribution in [0.5, 0.6) is 0 Å². The molecule has 0 aliphatic carbocycles. The predicted molar refractivity (Wildman–Crippen MR) is 92.5 cm³/mol. The Morgan fingerprint density at radius 1 is 1.29 bits per heavy atom. The second-order valence-electron chi connectivity index (χ2n) is 6.14. The fourth-order valence-electron chi connectivity index (χ4n) is 3.30. The quantitative estimate of drug-likeness (QED) is 0.788. The Morgan fingerprint density at radius 3 is 2.92 bits per heavy atom. The van der Waals surface area contributed by atoms with Gasteiger partial charge in [0.2, 0.25) is 10.0 Å². The third-order valence-electron chi connectivity index (χ3n) is 4.53. The Kier molecular flexibility index (Phi) is 3.36. The summed E-state index contributed by atoms with van der Waals surface area (Å²) in [6.45, 7) is 3.63. The zero-order valence-electron chi connectivity index (χ0n) is 13.3. The summed E-state index contributed by atoms with van der Waals surface area (Å²) in [7, 11) is -3.66. The van der Waals surface area contributed by atoms with E-state index in [9.17, 15) is 8.42 Å². The number of aryl methyl sites for hydroxylation is 1. The number of aromatic nitrogens is 2. The Morgan fingerprint density at radius 2 is 2.12 bits per heavy atom. The van der Waals surface area contributed by atoms with Crippen LogP contribution in [0.4, 0.5) is 5.69 Å². The van der Waals surface area contributed by atoms with Gasteiger partial charge in [0.1, 0.15) is 5.65 Å². The monoisotopic (exact) mass is 342 g/mol. The summed E-state index contributed by atoms with van der Waals surface area (Å²) in [6.07, 6.45) is 4.74. The molecule has 24 heavy (non-hydrogen) atoms. The number of fused-ring (bicyclic) bond motifs is 2. The molecular formula is C17H18N4O2S. The molecule has 3 aromatic rings. The van der Waals surface area contributed by atoms with Gasteiger partial charge >= 0.3 is 0 Å². The van der Waals surface area contributed by atoms with Gasteiger partial charge in [-0.25, -0.2) is 18.5 Å². The molecule has 0 saturated heterocycles. The molecule has 6 nitrogen and oxygen atoms in total. The van der Waals surface area contributed by atoms with Crippen LogP contribution in [0.15, 0.2) is 47.6 Å². The van der Waals surface area contributed by atoms with Crippen LogP contribution in [0.25, 0.3) is 5.65 Å². The summed E-state index contributed by atoms with van der Waals surface area (Å²) >= 11 is 0. The number of rotatable bonds is 3. The standard InChI is InChI=1S/C17H18N4O2S/c1-12-3-2-7-21-14(10-19-17(12)21)11-20-8-6-13-9-15(24(18,22)23)4-5-16(13)20/h2-5,7,9-10H,6,8,11H2,1H3,(H2,18,22,23). The molecule has 2 aromatic heterocycles. The molecule has 0 fully saturated rings.